The molecule has 4 heterocycles. The molecule has 3 aromatic heterocycles. The SMILES string of the molecule is Cc1cc(-c2nc3c(Cl)cc4c(c3s2)OC[C@@H](OC(=O)N(C)c2ccc(C)nc2)O4)c2ncc(C)nc2c1. The predicted octanol–water partition coefficient (Wildman–Crippen LogP) is 6.25. The number of halogens is 1. The third kappa shape index (κ3) is 4.35. The van der Waals surface area contributed by atoms with Gasteiger partial charge in [-0.05, 0) is 50.6 Å². The van der Waals surface area contributed by atoms with Crippen LogP contribution in [0.15, 0.2) is 42.7 Å². The second kappa shape index (κ2) is 9.38. The Hall–Kier alpha value is -4.02. The standard InChI is InChI=1S/C27H22ClN5O4S/c1-13-7-17(22-19(8-13)31-15(3)10-30-22)26-32-23-18(28)9-20-24(25(23)38-26)35-12-21(36-20)37-27(34)33(4)16-6-5-14(2)29-11-16/h5-11,21H,12H2,1-4H3/t21-/m1/s1. The van der Waals surface area contributed by atoms with Gasteiger partial charge in [0, 0.05) is 30.6 Å². The van der Waals surface area contributed by atoms with Crippen LogP contribution in [-0.2, 0) is 4.74 Å². The normalized spacial score (nSPS) is 14.6. The van der Waals surface area contributed by atoms with E-state index >= 15 is 0 Å². The quantitative estimate of drug-likeness (QED) is 0.261. The molecule has 192 valence electrons. The zero-order valence-electron chi connectivity index (χ0n) is 21.0. The van der Waals surface area contributed by atoms with Crippen LogP contribution in [0.25, 0.3) is 31.8 Å². The highest BCUT2D eigenvalue weighted by Crippen LogP contribution is 2.47. The molecule has 5 aromatic rings. The van der Waals surface area contributed by atoms with E-state index in [1.54, 1.807) is 31.6 Å². The van der Waals surface area contributed by atoms with E-state index in [1.165, 1.54) is 16.2 Å². The van der Waals surface area contributed by atoms with Crippen LogP contribution < -0.4 is 14.4 Å². The molecule has 9 nitrogen and oxygen atoms in total. The fourth-order valence-corrected chi connectivity index (χ4v) is 5.59. The molecule has 11 heteroatoms. The van der Waals surface area contributed by atoms with Crippen LogP contribution in [0.2, 0.25) is 5.02 Å². The average Bonchev–Trinajstić information content (AvgIpc) is 3.34. The highest BCUT2D eigenvalue weighted by molar-refractivity contribution is 7.22. The summed E-state index contributed by atoms with van der Waals surface area (Å²) in [5.41, 5.74) is 6.40. The van der Waals surface area contributed by atoms with Crippen molar-refractivity contribution < 1.29 is 19.0 Å². The number of rotatable bonds is 3. The molecule has 0 aliphatic carbocycles. The fourth-order valence-electron chi connectivity index (χ4n) is 4.20. The van der Waals surface area contributed by atoms with E-state index in [4.69, 9.17) is 30.8 Å². The topological polar surface area (TPSA) is 99.6 Å². The minimum Gasteiger partial charge on any atom is -0.480 e. The summed E-state index contributed by atoms with van der Waals surface area (Å²) in [7, 11) is 1.60. The van der Waals surface area contributed by atoms with Crippen molar-refractivity contribution in [2.75, 3.05) is 18.6 Å². The second-order valence-corrected chi connectivity index (χ2v) is 10.4. The highest BCUT2D eigenvalue weighted by Gasteiger charge is 2.30. The van der Waals surface area contributed by atoms with Crippen LogP contribution in [0.1, 0.15) is 17.0 Å². The van der Waals surface area contributed by atoms with Gasteiger partial charge in [0.2, 0.25) is 0 Å². The summed E-state index contributed by atoms with van der Waals surface area (Å²) in [6.45, 7) is 5.82. The van der Waals surface area contributed by atoms with Gasteiger partial charge < -0.3 is 14.2 Å². The Labute approximate surface area is 227 Å². The number of fused-ring (bicyclic) bond motifs is 4. The Morgan fingerprint density at radius 1 is 1.08 bits per heavy atom. The van der Waals surface area contributed by atoms with E-state index in [0.29, 0.717) is 27.7 Å². The molecule has 0 N–H and O–H groups in total. The summed E-state index contributed by atoms with van der Waals surface area (Å²) in [5, 5.41) is 1.14. The number of benzene rings is 2. The number of amides is 1. The molecule has 0 saturated heterocycles. The van der Waals surface area contributed by atoms with E-state index in [9.17, 15) is 4.79 Å². The molecule has 0 radical (unpaired) electrons. The predicted molar refractivity (Wildman–Crippen MR) is 146 cm³/mol. The lowest BCUT2D eigenvalue weighted by Gasteiger charge is -2.28. The Balaban J connectivity index is 1.30. The summed E-state index contributed by atoms with van der Waals surface area (Å²) < 4.78 is 18.3. The van der Waals surface area contributed by atoms with Crippen molar-refractivity contribution in [2.45, 2.75) is 27.1 Å². The fraction of sp³-hybridized carbons (Fsp3) is 0.222. The monoisotopic (exact) mass is 547 g/mol. The third-order valence-electron chi connectivity index (χ3n) is 6.09. The zero-order chi connectivity index (χ0) is 26.6. The smallest absolute Gasteiger partial charge is 0.417 e. The Kier molecular flexibility index (Phi) is 6.00. The van der Waals surface area contributed by atoms with E-state index in [1.807, 2.05) is 39.0 Å². The van der Waals surface area contributed by atoms with E-state index < -0.39 is 12.4 Å². The number of aromatic nitrogens is 4. The summed E-state index contributed by atoms with van der Waals surface area (Å²) in [5.74, 6) is 0.890. The largest absolute Gasteiger partial charge is 0.480 e. The van der Waals surface area contributed by atoms with Crippen molar-refractivity contribution in [2.24, 2.45) is 0 Å². The summed E-state index contributed by atoms with van der Waals surface area (Å²) in [4.78, 5) is 32.3. The molecule has 0 fully saturated rings. The number of thiazole rings is 1. The van der Waals surface area contributed by atoms with Gasteiger partial charge in [0.05, 0.1) is 33.6 Å². The number of pyridine rings is 1. The first-order chi connectivity index (χ1) is 18.3. The Morgan fingerprint density at radius 2 is 1.92 bits per heavy atom. The van der Waals surface area contributed by atoms with E-state index in [0.717, 1.165) is 43.3 Å². The molecule has 0 bridgehead atoms. The maximum absolute atomic E-state index is 12.7. The van der Waals surface area contributed by atoms with Crippen molar-refractivity contribution >= 4 is 56.0 Å². The molecule has 0 unspecified atom stereocenters. The molecule has 0 spiro atoms. The second-order valence-electron chi connectivity index (χ2n) is 9.03. The van der Waals surface area contributed by atoms with Gasteiger partial charge >= 0.3 is 6.09 Å². The van der Waals surface area contributed by atoms with Crippen molar-refractivity contribution in [3.8, 4) is 22.1 Å². The van der Waals surface area contributed by atoms with Crippen LogP contribution >= 0.6 is 22.9 Å². The minimum atomic E-state index is -0.948. The first kappa shape index (κ1) is 24.3. The first-order valence-electron chi connectivity index (χ1n) is 11.8. The van der Waals surface area contributed by atoms with Gasteiger partial charge in [-0.25, -0.2) is 14.8 Å². The minimum absolute atomic E-state index is 0.0147. The number of hydrogen-bond acceptors (Lipinski definition) is 9. The molecule has 1 aliphatic rings. The lowest BCUT2D eigenvalue weighted by molar-refractivity contribution is -0.0717. The molecule has 1 aliphatic heterocycles. The third-order valence-corrected chi connectivity index (χ3v) is 7.47. The maximum atomic E-state index is 12.7. The van der Waals surface area contributed by atoms with Crippen LogP contribution in [0.3, 0.4) is 0 Å². The van der Waals surface area contributed by atoms with Crippen LogP contribution in [0.5, 0.6) is 11.5 Å². The van der Waals surface area contributed by atoms with Crippen molar-refractivity contribution in [1.29, 1.82) is 0 Å². The maximum Gasteiger partial charge on any atom is 0.417 e. The molecule has 0 saturated carbocycles. The molecular formula is C27H22ClN5O4S. The average molecular weight is 548 g/mol. The van der Waals surface area contributed by atoms with Crippen molar-refractivity contribution in [1.82, 2.24) is 19.9 Å². The molecule has 1 atom stereocenters. The van der Waals surface area contributed by atoms with Crippen molar-refractivity contribution in [3.05, 3.63) is 64.7 Å². The number of nitrogens with zero attached hydrogens (tertiary/aromatic N) is 5. The number of hydrogen-bond donors (Lipinski definition) is 0. The Morgan fingerprint density at radius 3 is 2.71 bits per heavy atom. The summed E-state index contributed by atoms with van der Waals surface area (Å²) in [6, 6.07) is 9.29. The molecular weight excluding hydrogens is 526 g/mol. The van der Waals surface area contributed by atoms with Gasteiger partial charge in [0.15, 0.2) is 18.1 Å². The Bertz CT molecular complexity index is 1720. The molecule has 2 aromatic carbocycles. The lowest BCUT2D eigenvalue weighted by Crippen LogP contribution is -2.38. The molecule has 6 rings (SSSR count). The van der Waals surface area contributed by atoms with Crippen LogP contribution in [0.4, 0.5) is 10.5 Å². The summed E-state index contributed by atoms with van der Waals surface area (Å²) in [6.07, 6.45) is 1.80. The van der Waals surface area contributed by atoms with Gasteiger partial charge in [-0.15, -0.1) is 11.3 Å². The van der Waals surface area contributed by atoms with Crippen LogP contribution in [0, 0.1) is 20.8 Å². The van der Waals surface area contributed by atoms with E-state index in [2.05, 4.69) is 15.0 Å². The molecule has 38 heavy (non-hydrogen) atoms. The zero-order valence-corrected chi connectivity index (χ0v) is 22.6. The van der Waals surface area contributed by atoms with Gasteiger partial charge in [-0.3, -0.25) is 14.9 Å². The number of ether oxygens (including phenoxy) is 3. The number of carbonyl (C=O) groups excluding carboxylic acids is 1. The van der Waals surface area contributed by atoms with Crippen LogP contribution in [-0.4, -0.2) is 46.0 Å². The summed E-state index contributed by atoms with van der Waals surface area (Å²) >= 11 is 8.05. The van der Waals surface area contributed by atoms with Gasteiger partial charge in [-0.1, -0.05) is 11.6 Å². The van der Waals surface area contributed by atoms with Crippen molar-refractivity contribution in [3.63, 3.8) is 0 Å². The highest BCUT2D eigenvalue weighted by atomic mass is 35.5. The molecule has 1 amide bonds. The first-order valence-corrected chi connectivity index (χ1v) is 13.0. The van der Waals surface area contributed by atoms with E-state index in [-0.39, 0.29) is 6.61 Å². The van der Waals surface area contributed by atoms with Gasteiger partial charge in [0.25, 0.3) is 6.29 Å². The number of carbonyl (C=O) groups is 1. The van der Waals surface area contributed by atoms with Gasteiger partial charge in [-0.2, -0.15) is 0 Å². The number of anilines is 1. The lowest BCUT2D eigenvalue weighted by atomic mass is 10.1. The van der Waals surface area contributed by atoms with Gasteiger partial charge in [0.1, 0.15) is 15.2 Å². The number of aryl methyl sites for hydroxylation is 3.